The van der Waals surface area contributed by atoms with Gasteiger partial charge in [0.05, 0.1) is 0 Å². The van der Waals surface area contributed by atoms with Gasteiger partial charge in [-0.15, -0.1) is 12.4 Å². The molecular weight excluding hydrogens is 146 g/mol. The Morgan fingerprint density at radius 1 is 1.20 bits per heavy atom. The Balaban J connectivity index is 0. The molecule has 0 saturated carbocycles. The van der Waals surface area contributed by atoms with E-state index in [1.54, 1.807) is 0 Å². The quantitative estimate of drug-likeness (QED) is 0.663. The number of halogens is 1. The summed E-state index contributed by atoms with van der Waals surface area (Å²) < 4.78 is 0. The largest absolute Gasteiger partial charge is 0.314 e. The summed E-state index contributed by atoms with van der Waals surface area (Å²) in [5, 5.41) is 3.39. The molecule has 0 aromatic rings. The lowest BCUT2D eigenvalue weighted by atomic mass is 9.97. The molecule has 1 N–H and O–H groups in total. The van der Waals surface area contributed by atoms with Gasteiger partial charge in [0.15, 0.2) is 0 Å². The van der Waals surface area contributed by atoms with E-state index < -0.39 is 0 Å². The van der Waals surface area contributed by atoms with E-state index in [1.807, 2.05) is 0 Å². The van der Waals surface area contributed by atoms with Gasteiger partial charge < -0.3 is 5.32 Å². The Kier molecular flexibility index (Phi) is 6.41. The van der Waals surface area contributed by atoms with E-state index >= 15 is 0 Å². The first-order valence-electron chi connectivity index (χ1n) is 3.65. The second-order valence-electron chi connectivity index (χ2n) is 4.10. The maximum Gasteiger partial charge on any atom is 0.00106 e. The minimum absolute atomic E-state index is 0. The molecule has 0 aromatic carbocycles. The molecule has 0 saturated heterocycles. The van der Waals surface area contributed by atoms with Crippen LogP contribution in [0.15, 0.2) is 0 Å². The first-order chi connectivity index (χ1) is 3.92. The highest BCUT2D eigenvalue weighted by molar-refractivity contribution is 5.85. The SMILES string of the molecule is CC(C)NCC(C)(C)C.Cl. The van der Waals surface area contributed by atoms with E-state index in [0.29, 0.717) is 11.5 Å². The summed E-state index contributed by atoms with van der Waals surface area (Å²) in [7, 11) is 0. The van der Waals surface area contributed by atoms with Gasteiger partial charge in [0.25, 0.3) is 0 Å². The monoisotopic (exact) mass is 165 g/mol. The van der Waals surface area contributed by atoms with Crippen LogP contribution < -0.4 is 5.32 Å². The average Bonchev–Trinajstić information content (AvgIpc) is 1.59. The summed E-state index contributed by atoms with van der Waals surface area (Å²) in [5.41, 5.74) is 0.421. The van der Waals surface area contributed by atoms with Crippen molar-refractivity contribution in [3.63, 3.8) is 0 Å². The summed E-state index contributed by atoms with van der Waals surface area (Å²) in [6, 6.07) is 0.615. The fraction of sp³-hybridized carbons (Fsp3) is 1.00. The Hall–Kier alpha value is 0.250. The maximum atomic E-state index is 3.39. The van der Waals surface area contributed by atoms with E-state index in [9.17, 15) is 0 Å². The lowest BCUT2D eigenvalue weighted by Crippen LogP contribution is -2.31. The van der Waals surface area contributed by atoms with E-state index in [-0.39, 0.29) is 12.4 Å². The molecule has 1 nitrogen and oxygen atoms in total. The molecule has 64 valence electrons. The van der Waals surface area contributed by atoms with Crippen LogP contribution in [-0.4, -0.2) is 12.6 Å². The molecule has 0 amide bonds. The minimum Gasteiger partial charge on any atom is -0.314 e. The molecular formula is C8H20ClN. The lowest BCUT2D eigenvalue weighted by molar-refractivity contribution is 0.363. The van der Waals surface area contributed by atoms with Crippen LogP contribution in [0.4, 0.5) is 0 Å². The van der Waals surface area contributed by atoms with Gasteiger partial charge in [-0.1, -0.05) is 34.6 Å². The first-order valence-corrected chi connectivity index (χ1v) is 3.65. The first kappa shape index (κ1) is 12.9. The molecule has 0 aromatic heterocycles. The van der Waals surface area contributed by atoms with Gasteiger partial charge in [-0.2, -0.15) is 0 Å². The van der Waals surface area contributed by atoms with Crippen molar-refractivity contribution in [3.05, 3.63) is 0 Å². The highest BCUT2D eigenvalue weighted by Gasteiger charge is 2.08. The normalized spacial score (nSPS) is 11.4. The van der Waals surface area contributed by atoms with Crippen molar-refractivity contribution in [2.75, 3.05) is 6.54 Å². The van der Waals surface area contributed by atoms with Crippen molar-refractivity contribution < 1.29 is 0 Å². The van der Waals surface area contributed by atoms with Crippen LogP contribution in [0.25, 0.3) is 0 Å². The molecule has 0 spiro atoms. The third kappa shape index (κ3) is 11.1. The van der Waals surface area contributed by atoms with Gasteiger partial charge >= 0.3 is 0 Å². The maximum absolute atomic E-state index is 3.39. The van der Waals surface area contributed by atoms with Crippen LogP contribution in [0.5, 0.6) is 0 Å². The van der Waals surface area contributed by atoms with Crippen molar-refractivity contribution in [2.45, 2.75) is 40.7 Å². The number of hydrogen-bond acceptors (Lipinski definition) is 1. The Bertz CT molecular complexity index is 73.8. The van der Waals surface area contributed by atoms with Crippen LogP contribution in [0.1, 0.15) is 34.6 Å². The second kappa shape index (κ2) is 4.97. The van der Waals surface area contributed by atoms with Crippen LogP contribution in [-0.2, 0) is 0 Å². The fourth-order valence-corrected chi connectivity index (χ4v) is 0.510. The topological polar surface area (TPSA) is 12.0 Å². The highest BCUT2D eigenvalue weighted by atomic mass is 35.5. The van der Waals surface area contributed by atoms with E-state index in [1.165, 1.54) is 0 Å². The van der Waals surface area contributed by atoms with Crippen molar-refractivity contribution in [2.24, 2.45) is 5.41 Å². The van der Waals surface area contributed by atoms with Gasteiger partial charge in [-0.3, -0.25) is 0 Å². The molecule has 0 fully saturated rings. The predicted molar refractivity (Wildman–Crippen MR) is 49.8 cm³/mol. The van der Waals surface area contributed by atoms with E-state index in [4.69, 9.17) is 0 Å². The van der Waals surface area contributed by atoms with E-state index in [0.717, 1.165) is 6.54 Å². The highest BCUT2D eigenvalue weighted by Crippen LogP contribution is 2.10. The van der Waals surface area contributed by atoms with Crippen LogP contribution >= 0.6 is 12.4 Å². The third-order valence-electron chi connectivity index (χ3n) is 1.04. The smallest absolute Gasteiger partial charge is 0.00106 e. The molecule has 2 heteroatoms. The van der Waals surface area contributed by atoms with Crippen LogP contribution in [0.2, 0.25) is 0 Å². The molecule has 0 atom stereocenters. The molecule has 0 aliphatic carbocycles. The lowest BCUT2D eigenvalue weighted by Gasteiger charge is -2.20. The molecule has 0 bridgehead atoms. The van der Waals surface area contributed by atoms with Crippen LogP contribution in [0, 0.1) is 5.41 Å². The summed E-state index contributed by atoms with van der Waals surface area (Å²) in [5.74, 6) is 0. The molecule has 0 unspecified atom stereocenters. The second-order valence-corrected chi connectivity index (χ2v) is 4.10. The van der Waals surface area contributed by atoms with Gasteiger partial charge in [0, 0.05) is 12.6 Å². The van der Waals surface area contributed by atoms with Crippen molar-refractivity contribution in [1.82, 2.24) is 5.32 Å². The van der Waals surface area contributed by atoms with Crippen molar-refractivity contribution >= 4 is 12.4 Å². The van der Waals surface area contributed by atoms with Gasteiger partial charge in [0.1, 0.15) is 0 Å². The molecule has 0 aliphatic rings. The number of rotatable bonds is 2. The molecule has 0 heterocycles. The zero-order chi connectivity index (χ0) is 7.49. The summed E-state index contributed by atoms with van der Waals surface area (Å²) in [4.78, 5) is 0. The Labute approximate surface area is 71.0 Å². The van der Waals surface area contributed by atoms with Crippen LogP contribution in [0.3, 0.4) is 0 Å². The zero-order valence-electron chi connectivity index (χ0n) is 7.69. The van der Waals surface area contributed by atoms with E-state index in [2.05, 4.69) is 39.9 Å². The Morgan fingerprint density at radius 2 is 1.60 bits per heavy atom. The van der Waals surface area contributed by atoms with Crippen molar-refractivity contribution in [1.29, 1.82) is 0 Å². The number of hydrogen-bond donors (Lipinski definition) is 1. The van der Waals surface area contributed by atoms with Gasteiger partial charge in [0.2, 0.25) is 0 Å². The Morgan fingerprint density at radius 3 is 1.70 bits per heavy atom. The molecule has 0 radical (unpaired) electrons. The van der Waals surface area contributed by atoms with Gasteiger partial charge in [-0.05, 0) is 5.41 Å². The molecule has 10 heavy (non-hydrogen) atoms. The summed E-state index contributed by atoms with van der Waals surface area (Å²) in [6.07, 6.45) is 0. The summed E-state index contributed by atoms with van der Waals surface area (Å²) >= 11 is 0. The minimum atomic E-state index is 0. The van der Waals surface area contributed by atoms with Crippen molar-refractivity contribution in [3.8, 4) is 0 Å². The summed E-state index contributed by atoms with van der Waals surface area (Å²) in [6.45, 7) is 12.2. The standard InChI is InChI=1S/C8H19N.ClH/c1-7(2)9-6-8(3,4)5;/h7,9H,6H2,1-5H3;1H. The molecule has 0 rings (SSSR count). The molecule has 0 aliphatic heterocycles. The third-order valence-corrected chi connectivity index (χ3v) is 1.04. The predicted octanol–water partition coefficient (Wildman–Crippen LogP) is 2.45. The fourth-order valence-electron chi connectivity index (χ4n) is 0.510. The average molecular weight is 166 g/mol. The zero-order valence-corrected chi connectivity index (χ0v) is 8.51. The van der Waals surface area contributed by atoms with Gasteiger partial charge in [-0.25, -0.2) is 0 Å². The number of nitrogens with one attached hydrogen (secondary N) is 1.